The van der Waals surface area contributed by atoms with Gasteiger partial charge in [0.15, 0.2) is 5.50 Å². The Bertz CT molecular complexity index is 2090. The average molecular weight is 740 g/mol. The fourth-order valence-corrected chi connectivity index (χ4v) is 11.6. The van der Waals surface area contributed by atoms with Crippen LogP contribution in [0.4, 0.5) is 5.69 Å². The molecule has 0 unspecified atom stereocenters. The van der Waals surface area contributed by atoms with Crippen LogP contribution in [0.5, 0.6) is 5.75 Å². The van der Waals surface area contributed by atoms with E-state index in [1.807, 2.05) is 68.3 Å². The molecule has 6 rings (SSSR count). The molecule has 0 spiro atoms. The third-order valence-corrected chi connectivity index (χ3v) is 13.4. The van der Waals surface area contributed by atoms with E-state index < -0.39 is 22.7 Å². The molecule has 5 aromatic rings. The second-order valence-electron chi connectivity index (χ2n) is 11.0. The second kappa shape index (κ2) is 11.1. The molecule has 4 aromatic carbocycles. The lowest BCUT2D eigenvalue weighted by Crippen LogP contribution is -2.24. The smallest absolute Gasteiger partial charge is 0.284 e. The minimum atomic E-state index is -4.25. The lowest BCUT2D eigenvalue weighted by molar-refractivity contribution is 0.546. The van der Waals surface area contributed by atoms with Gasteiger partial charge < -0.3 is 13.8 Å². The molecule has 0 fully saturated rings. The molecule has 0 saturated heterocycles. The van der Waals surface area contributed by atoms with Crippen molar-refractivity contribution in [1.29, 1.82) is 0 Å². The largest absolute Gasteiger partial charge is 0.456 e. The van der Waals surface area contributed by atoms with Crippen LogP contribution in [0.15, 0.2) is 131 Å². The van der Waals surface area contributed by atoms with Crippen molar-refractivity contribution in [3.05, 3.63) is 129 Å². The molecule has 6 nitrogen and oxygen atoms in total. The number of rotatable bonds is 6. The van der Waals surface area contributed by atoms with Gasteiger partial charge in [-0.3, -0.25) is 0 Å². The summed E-state index contributed by atoms with van der Waals surface area (Å²) in [4.78, 5) is 2.16. The summed E-state index contributed by atoms with van der Waals surface area (Å²) in [6.07, 6.45) is 0. The van der Waals surface area contributed by atoms with Crippen molar-refractivity contribution in [2.45, 2.75) is 31.1 Å². The highest BCUT2D eigenvalue weighted by atomic mass is 79.9. The summed E-state index contributed by atoms with van der Waals surface area (Å²) in [5.41, 5.74) is 2.90. The average Bonchev–Trinajstić information content (AvgIpc) is 3.50. The van der Waals surface area contributed by atoms with Crippen LogP contribution in [-0.4, -0.2) is 15.5 Å². The van der Waals surface area contributed by atoms with Crippen molar-refractivity contribution in [1.82, 2.24) is 0 Å². The SMILES string of the molecule is Cc1ccc([P@](/C=C2\N(C)c3ccccc3C2(C)C)(=NS(=O)(=O)c2ccc3ccccc3c2)Oc2ccc(Br)cc2Br)o1. The molecule has 1 atom stereocenters. The first kappa shape index (κ1) is 29.9. The van der Waals surface area contributed by atoms with Gasteiger partial charge in [-0.1, -0.05) is 78.3 Å². The number of anilines is 1. The molecule has 1 aromatic heterocycles. The molecule has 0 radical (unpaired) electrons. The number of allylic oxidation sites excluding steroid dienone is 1. The van der Waals surface area contributed by atoms with Crippen molar-refractivity contribution in [3.8, 4) is 5.75 Å². The standard InChI is InChI=1S/C33H29Br2N2O4PS/c1-22-13-18-32(40-22)42(41-30-17-15-25(34)20-28(30)35,21-31-33(2,3)27-11-7-8-12-29(27)37(31)4)36-43(38,39)26-16-14-23-9-5-6-10-24(23)19-26/h5-21H,1-4H3/b31-21-/t42-/m1/s1. The van der Waals surface area contributed by atoms with Gasteiger partial charge in [-0.25, -0.2) is 0 Å². The molecule has 10 heteroatoms. The van der Waals surface area contributed by atoms with E-state index in [0.717, 1.165) is 32.2 Å². The van der Waals surface area contributed by atoms with E-state index in [1.54, 1.807) is 36.4 Å². The predicted molar refractivity (Wildman–Crippen MR) is 182 cm³/mol. The molecule has 220 valence electrons. The quantitative estimate of drug-likeness (QED) is 0.162. The summed E-state index contributed by atoms with van der Waals surface area (Å²) in [7, 11) is -5.88. The topological polar surface area (TPSA) is 72.1 Å². The molecule has 0 N–H and O–H groups in total. The van der Waals surface area contributed by atoms with Gasteiger partial charge in [0.2, 0.25) is 7.28 Å². The lowest BCUT2D eigenvalue weighted by Gasteiger charge is -2.28. The fourth-order valence-electron chi connectivity index (χ4n) is 5.44. The molecule has 1 aliphatic heterocycles. The number of para-hydroxylation sites is 1. The van der Waals surface area contributed by atoms with Crippen LogP contribution in [-0.2, 0) is 15.4 Å². The Labute approximate surface area is 268 Å². The number of sulfonamides is 1. The minimum Gasteiger partial charge on any atom is -0.456 e. The Balaban J connectivity index is 1.67. The van der Waals surface area contributed by atoms with Crippen LogP contribution in [0, 0.1) is 6.92 Å². The lowest BCUT2D eigenvalue weighted by atomic mass is 9.84. The number of hydrogen-bond donors (Lipinski definition) is 0. The number of nitrogens with zero attached hydrogens (tertiary/aromatic N) is 2. The summed E-state index contributed by atoms with van der Waals surface area (Å²) >= 11 is 7.11. The highest BCUT2D eigenvalue weighted by molar-refractivity contribution is 9.11. The first-order valence-corrected chi connectivity index (χ1v) is 18.3. The van der Waals surface area contributed by atoms with E-state index >= 15 is 0 Å². The van der Waals surface area contributed by atoms with E-state index in [9.17, 15) is 8.42 Å². The molecule has 43 heavy (non-hydrogen) atoms. The van der Waals surface area contributed by atoms with Gasteiger partial charge in [0.25, 0.3) is 10.0 Å². The second-order valence-corrected chi connectivity index (χ2v) is 16.9. The molecule has 0 bridgehead atoms. The first-order chi connectivity index (χ1) is 20.4. The zero-order valence-electron chi connectivity index (χ0n) is 24.0. The Kier molecular flexibility index (Phi) is 7.74. The summed E-state index contributed by atoms with van der Waals surface area (Å²) in [6, 6.07) is 29.9. The summed E-state index contributed by atoms with van der Waals surface area (Å²) in [5, 5.41) is 1.74. The van der Waals surface area contributed by atoms with Gasteiger partial charge in [0.05, 0.1) is 9.37 Å². The molecule has 2 heterocycles. The summed E-state index contributed by atoms with van der Waals surface area (Å²) in [6.45, 7) is 6.06. The molecule has 0 amide bonds. The fraction of sp³-hybridized carbons (Fsp3) is 0.152. The van der Waals surface area contributed by atoms with Crippen molar-refractivity contribution in [3.63, 3.8) is 0 Å². The number of likely N-dealkylation sites (N-methyl/N-ethyl adjacent to an activating group) is 1. The van der Waals surface area contributed by atoms with E-state index in [1.165, 1.54) is 0 Å². The van der Waals surface area contributed by atoms with Gasteiger partial charge in [-0.2, -0.15) is 8.42 Å². The number of halogens is 2. The van der Waals surface area contributed by atoms with Crippen LogP contribution >= 0.6 is 39.1 Å². The number of fused-ring (bicyclic) bond motifs is 2. The highest BCUT2D eigenvalue weighted by Crippen LogP contribution is 2.59. The highest BCUT2D eigenvalue weighted by Gasteiger charge is 2.42. The predicted octanol–water partition coefficient (Wildman–Crippen LogP) is 9.74. The van der Waals surface area contributed by atoms with Crippen LogP contribution in [0.25, 0.3) is 10.8 Å². The normalized spacial score (nSPS) is 16.7. The van der Waals surface area contributed by atoms with E-state index in [0.29, 0.717) is 21.5 Å². The van der Waals surface area contributed by atoms with Gasteiger partial charge >= 0.3 is 0 Å². The van der Waals surface area contributed by atoms with Crippen LogP contribution in [0.3, 0.4) is 0 Å². The third kappa shape index (κ3) is 5.53. The van der Waals surface area contributed by atoms with Gasteiger partial charge in [-0.15, -0.1) is 4.15 Å². The monoisotopic (exact) mass is 738 g/mol. The number of hydrogen-bond acceptors (Lipinski definition) is 5. The molecular weight excluding hydrogens is 711 g/mol. The third-order valence-electron chi connectivity index (χ3n) is 7.66. The van der Waals surface area contributed by atoms with E-state index in [4.69, 9.17) is 13.1 Å². The number of furan rings is 1. The maximum atomic E-state index is 14.3. The van der Waals surface area contributed by atoms with Crippen molar-refractivity contribution in [2.24, 2.45) is 4.15 Å². The Morgan fingerprint density at radius 2 is 1.63 bits per heavy atom. The van der Waals surface area contributed by atoms with Gasteiger partial charge in [0.1, 0.15) is 11.5 Å². The molecular formula is C33H29Br2N2O4PS. The zero-order chi connectivity index (χ0) is 30.6. The molecule has 1 aliphatic rings. The zero-order valence-corrected chi connectivity index (χ0v) is 28.8. The number of benzene rings is 4. The van der Waals surface area contributed by atoms with Crippen molar-refractivity contribution in [2.75, 3.05) is 11.9 Å². The Hall–Kier alpha value is -3.10. The minimum absolute atomic E-state index is 0.0815. The first-order valence-electron chi connectivity index (χ1n) is 13.5. The van der Waals surface area contributed by atoms with E-state index in [2.05, 4.69) is 62.7 Å². The molecule has 0 aliphatic carbocycles. The summed E-state index contributed by atoms with van der Waals surface area (Å²) in [5.74, 6) is 2.95. The van der Waals surface area contributed by atoms with Crippen LogP contribution in [0.2, 0.25) is 0 Å². The van der Waals surface area contributed by atoms with Crippen molar-refractivity contribution >= 4 is 71.1 Å². The van der Waals surface area contributed by atoms with Crippen LogP contribution < -0.4 is 14.9 Å². The molecule has 0 saturated carbocycles. The number of aryl methyl sites for hydroxylation is 1. The maximum absolute atomic E-state index is 14.3. The Morgan fingerprint density at radius 1 is 0.907 bits per heavy atom. The van der Waals surface area contributed by atoms with Gasteiger partial charge in [0, 0.05) is 34.1 Å². The van der Waals surface area contributed by atoms with Crippen molar-refractivity contribution < 1.29 is 17.4 Å². The van der Waals surface area contributed by atoms with Crippen LogP contribution in [0.1, 0.15) is 25.2 Å². The van der Waals surface area contributed by atoms with Gasteiger partial charge in [-0.05, 0) is 87.7 Å². The summed E-state index contributed by atoms with van der Waals surface area (Å²) < 4.78 is 47.9. The maximum Gasteiger partial charge on any atom is 0.284 e. The Morgan fingerprint density at radius 3 is 2.33 bits per heavy atom. The van der Waals surface area contributed by atoms with E-state index in [-0.39, 0.29) is 4.90 Å².